The molecule has 1 aromatic heterocycles. The molecule has 1 aromatic rings. The van der Waals surface area contributed by atoms with E-state index >= 15 is 0 Å². The van der Waals surface area contributed by atoms with Gasteiger partial charge in [-0.1, -0.05) is 0 Å². The van der Waals surface area contributed by atoms with Crippen LogP contribution < -0.4 is 15.4 Å². The van der Waals surface area contributed by atoms with E-state index in [0.29, 0.717) is 5.88 Å². The van der Waals surface area contributed by atoms with Gasteiger partial charge in [0.15, 0.2) is 5.82 Å². The van der Waals surface area contributed by atoms with Crippen molar-refractivity contribution in [2.45, 2.75) is 17.6 Å². The summed E-state index contributed by atoms with van der Waals surface area (Å²) in [6.45, 7) is 2.69. The Morgan fingerprint density at radius 2 is 2.17 bits per heavy atom. The largest absolute Gasteiger partial charge is 0.480 e. The van der Waals surface area contributed by atoms with Crippen LogP contribution in [0.4, 0.5) is 5.82 Å². The Hall–Kier alpha value is -1.01. The van der Waals surface area contributed by atoms with Crippen molar-refractivity contribution in [3.8, 4) is 5.88 Å². The minimum atomic E-state index is 0.239. The molecule has 5 nitrogen and oxygen atoms in total. The van der Waals surface area contributed by atoms with Crippen molar-refractivity contribution in [1.82, 2.24) is 9.97 Å². The number of rotatable bonds is 4. The molecule has 0 atom stereocenters. The first-order valence-electron chi connectivity index (χ1n) is 6.09. The van der Waals surface area contributed by atoms with Crippen LogP contribution in [0.2, 0.25) is 0 Å². The molecule has 0 saturated carbocycles. The van der Waals surface area contributed by atoms with Crippen LogP contribution in [0.3, 0.4) is 0 Å². The number of nitrogens with two attached hydrogens (primary N) is 1. The summed E-state index contributed by atoms with van der Waals surface area (Å²) in [6, 6.07) is 0. The lowest BCUT2D eigenvalue weighted by molar-refractivity contribution is 0.394. The second-order valence-electron chi connectivity index (χ2n) is 4.50. The summed E-state index contributed by atoms with van der Waals surface area (Å²) in [4.78, 5) is 10.8. The number of hydrogen-bond donors (Lipinski definition) is 1. The quantitative estimate of drug-likeness (QED) is 0.883. The number of ether oxygens (including phenoxy) is 1. The van der Waals surface area contributed by atoms with Gasteiger partial charge in [-0.3, -0.25) is 4.98 Å². The number of anilines is 1. The summed E-state index contributed by atoms with van der Waals surface area (Å²) in [7, 11) is 1.61. The lowest BCUT2D eigenvalue weighted by atomic mass is 9.96. The van der Waals surface area contributed by atoms with Crippen LogP contribution in [0.5, 0.6) is 5.88 Å². The Bertz CT molecular complexity index is 387. The summed E-state index contributed by atoms with van der Waals surface area (Å²) < 4.78 is 5.34. The lowest BCUT2D eigenvalue weighted by Gasteiger charge is -2.40. The highest BCUT2D eigenvalue weighted by atomic mass is 32.2. The smallest absolute Gasteiger partial charge is 0.233 e. The Morgan fingerprint density at radius 1 is 1.44 bits per heavy atom. The normalized spacial score (nSPS) is 18.7. The number of nitrogens with zero attached hydrogens (tertiary/aromatic N) is 3. The summed E-state index contributed by atoms with van der Waals surface area (Å²) in [5.74, 6) is 1.45. The van der Waals surface area contributed by atoms with E-state index in [1.54, 1.807) is 19.5 Å². The maximum Gasteiger partial charge on any atom is 0.233 e. The Labute approximate surface area is 112 Å². The Kier molecular flexibility index (Phi) is 4.29. The SMILES string of the molecule is COc1cncc(N2CCC(CN)(SC)CC2)n1. The number of aromatic nitrogens is 2. The first-order valence-corrected chi connectivity index (χ1v) is 7.32. The van der Waals surface area contributed by atoms with Crippen molar-refractivity contribution in [2.75, 3.05) is 37.9 Å². The van der Waals surface area contributed by atoms with E-state index in [-0.39, 0.29) is 4.75 Å². The van der Waals surface area contributed by atoms with E-state index in [1.807, 2.05) is 11.8 Å². The standard InChI is InChI=1S/C12H20N4OS/c1-17-11-8-14-7-10(15-11)16-5-3-12(9-13,18-2)4-6-16/h7-8H,3-6,9,13H2,1-2H3. The van der Waals surface area contributed by atoms with Crippen LogP contribution in [-0.2, 0) is 0 Å². The second-order valence-corrected chi connectivity index (χ2v) is 5.77. The molecule has 0 radical (unpaired) electrons. The molecule has 2 heterocycles. The monoisotopic (exact) mass is 268 g/mol. The van der Waals surface area contributed by atoms with Crippen LogP contribution in [0.25, 0.3) is 0 Å². The molecule has 0 bridgehead atoms. The summed E-state index contributed by atoms with van der Waals surface area (Å²) in [6.07, 6.45) is 7.73. The number of methoxy groups -OCH3 is 1. The molecule has 18 heavy (non-hydrogen) atoms. The van der Waals surface area contributed by atoms with Crippen LogP contribution in [0.1, 0.15) is 12.8 Å². The van der Waals surface area contributed by atoms with E-state index in [2.05, 4.69) is 21.1 Å². The Balaban J connectivity index is 2.04. The van der Waals surface area contributed by atoms with Crippen LogP contribution in [0, 0.1) is 0 Å². The highest BCUT2D eigenvalue weighted by molar-refractivity contribution is 8.00. The molecule has 0 unspecified atom stereocenters. The zero-order valence-electron chi connectivity index (χ0n) is 10.9. The second kappa shape index (κ2) is 5.75. The van der Waals surface area contributed by atoms with Crippen LogP contribution in [-0.4, -0.2) is 47.7 Å². The summed E-state index contributed by atoms with van der Waals surface area (Å²) in [5, 5.41) is 0. The van der Waals surface area contributed by atoms with Crippen LogP contribution in [0.15, 0.2) is 12.4 Å². The van der Waals surface area contributed by atoms with Gasteiger partial charge in [-0.2, -0.15) is 16.7 Å². The zero-order chi connectivity index (χ0) is 13.0. The molecular weight excluding hydrogens is 248 g/mol. The van der Waals surface area contributed by atoms with E-state index in [1.165, 1.54) is 0 Å². The third-order valence-electron chi connectivity index (χ3n) is 3.61. The molecule has 1 aliphatic heterocycles. The first kappa shape index (κ1) is 13.4. The fraction of sp³-hybridized carbons (Fsp3) is 0.667. The molecule has 0 aromatic carbocycles. The molecule has 100 valence electrons. The van der Waals surface area contributed by atoms with E-state index in [9.17, 15) is 0 Å². The topological polar surface area (TPSA) is 64.3 Å². The van der Waals surface area contributed by atoms with Crippen molar-refractivity contribution >= 4 is 17.6 Å². The van der Waals surface area contributed by atoms with Crippen molar-refractivity contribution in [1.29, 1.82) is 0 Å². The molecule has 0 amide bonds. The van der Waals surface area contributed by atoms with Gasteiger partial charge in [0.2, 0.25) is 5.88 Å². The number of thioether (sulfide) groups is 1. The van der Waals surface area contributed by atoms with Gasteiger partial charge in [0.25, 0.3) is 0 Å². The molecule has 1 fully saturated rings. The fourth-order valence-corrected chi connectivity index (χ4v) is 2.98. The molecule has 1 aliphatic rings. The predicted molar refractivity (Wildman–Crippen MR) is 75.3 cm³/mol. The number of piperidine rings is 1. The minimum Gasteiger partial charge on any atom is -0.480 e. The van der Waals surface area contributed by atoms with Gasteiger partial charge in [0.1, 0.15) is 0 Å². The van der Waals surface area contributed by atoms with Gasteiger partial charge in [-0.15, -0.1) is 0 Å². The fourth-order valence-electron chi connectivity index (χ4n) is 2.22. The minimum absolute atomic E-state index is 0.239. The molecule has 0 spiro atoms. The highest BCUT2D eigenvalue weighted by Gasteiger charge is 2.33. The van der Waals surface area contributed by atoms with E-state index in [4.69, 9.17) is 10.5 Å². The van der Waals surface area contributed by atoms with Crippen molar-refractivity contribution in [2.24, 2.45) is 5.73 Å². The Morgan fingerprint density at radius 3 is 2.72 bits per heavy atom. The molecule has 2 rings (SSSR count). The predicted octanol–water partition coefficient (Wildman–Crippen LogP) is 1.15. The van der Waals surface area contributed by atoms with Crippen molar-refractivity contribution in [3.05, 3.63) is 12.4 Å². The molecular formula is C12H20N4OS. The first-order chi connectivity index (χ1) is 8.73. The van der Waals surface area contributed by atoms with E-state index < -0.39 is 0 Å². The maximum absolute atomic E-state index is 5.89. The average molecular weight is 268 g/mol. The number of hydrogen-bond acceptors (Lipinski definition) is 6. The van der Waals surface area contributed by atoms with E-state index in [0.717, 1.165) is 38.3 Å². The third-order valence-corrected chi connectivity index (χ3v) is 5.05. The van der Waals surface area contributed by atoms with Gasteiger partial charge >= 0.3 is 0 Å². The lowest BCUT2D eigenvalue weighted by Crippen LogP contribution is -2.46. The average Bonchev–Trinajstić information content (AvgIpc) is 2.47. The van der Waals surface area contributed by atoms with Gasteiger partial charge in [-0.25, -0.2) is 0 Å². The highest BCUT2D eigenvalue weighted by Crippen LogP contribution is 2.34. The van der Waals surface area contributed by atoms with Crippen LogP contribution >= 0.6 is 11.8 Å². The summed E-state index contributed by atoms with van der Waals surface area (Å²) >= 11 is 1.89. The maximum atomic E-state index is 5.89. The zero-order valence-corrected chi connectivity index (χ0v) is 11.7. The molecule has 0 aliphatic carbocycles. The summed E-state index contributed by atoms with van der Waals surface area (Å²) in [5.41, 5.74) is 5.89. The van der Waals surface area contributed by atoms with Gasteiger partial charge < -0.3 is 15.4 Å². The third kappa shape index (κ3) is 2.70. The molecule has 1 saturated heterocycles. The van der Waals surface area contributed by atoms with Gasteiger partial charge in [-0.05, 0) is 19.1 Å². The molecule has 2 N–H and O–H groups in total. The van der Waals surface area contributed by atoms with Crippen molar-refractivity contribution < 1.29 is 4.74 Å². The van der Waals surface area contributed by atoms with Gasteiger partial charge in [0.05, 0.1) is 19.5 Å². The van der Waals surface area contributed by atoms with Crippen molar-refractivity contribution in [3.63, 3.8) is 0 Å². The molecule has 6 heteroatoms. The van der Waals surface area contributed by atoms with Gasteiger partial charge in [0, 0.05) is 24.4 Å².